The lowest BCUT2D eigenvalue weighted by Gasteiger charge is -2.47. The van der Waals surface area contributed by atoms with Crippen molar-refractivity contribution in [2.45, 2.75) is 69.9 Å². The van der Waals surface area contributed by atoms with Crippen molar-refractivity contribution < 1.29 is 9.47 Å². The molecule has 0 aromatic carbocycles. The third-order valence-corrected chi connectivity index (χ3v) is 8.47. The summed E-state index contributed by atoms with van der Waals surface area (Å²) in [6.07, 6.45) is 6.61. The third kappa shape index (κ3) is 4.54. The van der Waals surface area contributed by atoms with E-state index in [0.29, 0.717) is 22.0 Å². The van der Waals surface area contributed by atoms with Gasteiger partial charge in [-0.1, -0.05) is 29.3 Å². The monoisotopic (exact) mass is 505 g/mol. The minimum Gasteiger partial charge on any atom is -0.375 e. The molecule has 0 bridgehead atoms. The van der Waals surface area contributed by atoms with Gasteiger partial charge in [-0.25, -0.2) is 10.4 Å². The Hall–Kier alpha value is -1.48. The van der Waals surface area contributed by atoms with E-state index in [1.807, 2.05) is 20.0 Å². The van der Waals surface area contributed by atoms with Gasteiger partial charge in [0.25, 0.3) is 0 Å². The summed E-state index contributed by atoms with van der Waals surface area (Å²) in [5, 5.41) is 1.15. The molecule has 0 radical (unpaired) electrons. The maximum absolute atomic E-state index is 6.51. The fourth-order valence-corrected chi connectivity index (χ4v) is 6.25. The molecule has 34 heavy (non-hydrogen) atoms. The van der Waals surface area contributed by atoms with E-state index in [0.717, 1.165) is 49.4 Å². The lowest BCUT2D eigenvalue weighted by Crippen LogP contribution is -2.61. The SMILES string of the molecule is COC1(C)CN(c2ccc(C3NNC4CCC(O[C@H](C)c5c(Cl)cnc(C)c5Cl)CC43)cn2)C1. The number of halogens is 2. The fourth-order valence-electron chi connectivity index (χ4n) is 5.60. The van der Waals surface area contributed by atoms with Crippen molar-refractivity contribution in [3.63, 3.8) is 0 Å². The number of ether oxygens (including phenoxy) is 2. The topological polar surface area (TPSA) is 71.5 Å². The molecule has 184 valence electrons. The van der Waals surface area contributed by atoms with Gasteiger partial charge in [-0.2, -0.15) is 0 Å². The lowest BCUT2D eigenvalue weighted by atomic mass is 9.78. The second-order valence-corrected chi connectivity index (χ2v) is 10.9. The smallest absolute Gasteiger partial charge is 0.128 e. The molecular formula is C25H33Cl2N5O2. The van der Waals surface area contributed by atoms with Crippen LogP contribution in [0, 0.1) is 12.8 Å². The van der Waals surface area contributed by atoms with Crippen LogP contribution >= 0.6 is 23.2 Å². The highest BCUT2D eigenvalue weighted by atomic mass is 35.5. The number of pyridine rings is 2. The average molecular weight is 506 g/mol. The van der Waals surface area contributed by atoms with E-state index in [2.05, 4.69) is 39.8 Å². The molecule has 0 amide bonds. The van der Waals surface area contributed by atoms with Crippen LogP contribution in [0.2, 0.25) is 10.0 Å². The van der Waals surface area contributed by atoms with Crippen molar-refractivity contribution >= 4 is 29.0 Å². The first kappa shape index (κ1) is 24.2. The van der Waals surface area contributed by atoms with Gasteiger partial charge in [0.05, 0.1) is 39.6 Å². The first-order valence-corrected chi connectivity index (χ1v) is 12.8. The molecule has 2 aromatic rings. The highest BCUT2D eigenvalue weighted by Crippen LogP contribution is 2.42. The van der Waals surface area contributed by atoms with Crippen LogP contribution in [0.3, 0.4) is 0 Å². The molecular weight excluding hydrogens is 473 g/mol. The minimum absolute atomic E-state index is 0.0673. The number of methoxy groups -OCH3 is 1. The van der Waals surface area contributed by atoms with E-state index >= 15 is 0 Å². The van der Waals surface area contributed by atoms with E-state index < -0.39 is 0 Å². The van der Waals surface area contributed by atoms with Crippen LogP contribution in [0.25, 0.3) is 0 Å². The van der Waals surface area contributed by atoms with Crippen molar-refractivity contribution in [2.75, 3.05) is 25.1 Å². The number of aryl methyl sites for hydroxylation is 1. The quantitative estimate of drug-likeness (QED) is 0.584. The van der Waals surface area contributed by atoms with Gasteiger partial charge in [-0.3, -0.25) is 10.4 Å². The lowest BCUT2D eigenvalue weighted by molar-refractivity contribution is -0.0370. The second-order valence-electron chi connectivity index (χ2n) is 10.1. The van der Waals surface area contributed by atoms with Crippen LogP contribution in [-0.4, -0.2) is 47.9 Å². The zero-order chi connectivity index (χ0) is 24.0. The summed E-state index contributed by atoms with van der Waals surface area (Å²) in [6.45, 7) is 7.77. The Bertz CT molecular complexity index is 1030. The van der Waals surface area contributed by atoms with Gasteiger partial charge in [0, 0.05) is 44.2 Å². The maximum Gasteiger partial charge on any atom is 0.128 e. The highest BCUT2D eigenvalue weighted by Gasteiger charge is 2.43. The number of nitrogens with zero attached hydrogens (tertiary/aromatic N) is 3. The summed E-state index contributed by atoms with van der Waals surface area (Å²) in [6, 6.07) is 4.94. The molecule has 2 aromatic heterocycles. The molecule has 3 fully saturated rings. The van der Waals surface area contributed by atoms with E-state index in [9.17, 15) is 0 Å². The highest BCUT2D eigenvalue weighted by molar-refractivity contribution is 6.36. The van der Waals surface area contributed by atoms with Crippen LogP contribution < -0.4 is 15.8 Å². The molecule has 4 heterocycles. The molecule has 3 aliphatic rings. The van der Waals surface area contributed by atoms with Gasteiger partial charge < -0.3 is 14.4 Å². The number of aromatic nitrogens is 2. The molecule has 5 atom stereocenters. The fraction of sp³-hybridized carbons (Fsp3) is 0.600. The Labute approximate surface area is 211 Å². The summed E-state index contributed by atoms with van der Waals surface area (Å²) in [4.78, 5) is 11.2. The zero-order valence-corrected chi connectivity index (χ0v) is 21.7. The standard InChI is InChI=1S/C25H33Cl2N5O2/c1-14-23(27)22(19(26)11-28-14)15(2)34-17-6-7-20-18(9-17)24(31-30-20)16-5-8-21(29-10-16)32-12-25(3,13-32)33-4/h5,8,10-11,15,17-18,20,24,30-31H,6-7,9,12-13H2,1-4H3/t15-,17?,18?,20?,24?/m1/s1. The van der Waals surface area contributed by atoms with Crippen molar-refractivity contribution in [3.05, 3.63) is 51.4 Å². The summed E-state index contributed by atoms with van der Waals surface area (Å²) in [5.74, 6) is 1.42. The normalized spacial score (nSPS) is 28.9. The van der Waals surface area contributed by atoms with Gasteiger partial charge in [-0.15, -0.1) is 0 Å². The molecule has 2 saturated heterocycles. The first-order valence-electron chi connectivity index (χ1n) is 12.0. The van der Waals surface area contributed by atoms with E-state index in [4.69, 9.17) is 37.7 Å². The summed E-state index contributed by atoms with van der Waals surface area (Å²) in [7, 11) is 1.77. The molecule has 1 aliphatic carbocycles. The molecule has 2 N–H and O–H groups in total. The molecule has 7 nitrogen and oxygen atoms in total. The second kappa shape index (κ2) is 9.52. The molecule has 0 spiro atoms. The largest absolute Gasteiger partial charge is 0.375 e. The van der Waals surface area contributed by atoms with E-state index in [1.54, 1.807) is 13.3 Å². The van der Waals surface area contributed by atoms with Crippen molar-refractivity contribution in [1.82, 2.24) is 20.8 Å². The summed E-state index contributed by atoms with van der Waals surface area (Å²) in [5.41, 5.74) is 9.75. The van der Waals surface area contributed by atoms with Crippen LogP contribution in [-0.2, 0) is 9.47 Å². The molecule has 4 unspecified atom stereocenters. The Morgan fingerprint density at radius 2 is 1.94 bits per heavy atom. The van der Waals surface area contributed by atoms with Gasteiger partial charge in [0.15, 0.2) is 0 Å². The molecule has 9 heteroatoms. The molecule has 1 saturated carbocycles. The number of anilines is 1. The van der Waals surface area contributed by atoms with E-state index in [-0.39, 0.29) is 23.9 Å². The maximum atomic E-state index is 6.51. The Balaban J connectivity index is 1.24. The van der Waals surface area contributed by atoms with Crippen LogP contribution in [0.15, 0.2) is 24.5 Å². The van der Waals surface area contributed by atoms with Crippen LogP contribution in [0.4, 0.5) is 5.82 Å². The van der Waals surface area contributed by atoms with Crippen LogP contribution in [0.1, 0.15) is 62.1 Å². The average Bonchev–Trinajstić information content (AvgIpc) is 3.23. The number of fused-ring (bicyclic) bond motifs is 1. The van der Waals surface area contributed by atoms with Crippen LogP contribution in [0.5, 0.6) is 0 Å². The number of hydrazine groups is 1. The zero-order valence-electron chi connectivity index (χ0n) is 20.1. The number of hydrogen-bond donors (Lipinski definition) is 2. The Morgan fingerprint density at radius 1 is 1.15 bits per heavy atom. The predicted molar refractivity (Wildman–Crippen MR) is 134 cm³/mol. The van der Waals surface area contributed by atoms with E-state index in [1.165, 1.54) is 5.56 Å². The predicted octanol–water partition coefficient (Wildman–Crippen LogP) is 4.78. The number of hydrogen-bond acceptors (Lipinski definition) is 7. The van der Waals surface area contributed by atoms with Gasteiger partial charge in [-0.05, 0) is 57.6 Å². The van der Waals surface area contributed by atoms with Crippen molar-refractivity contribution in [3.8, 4) is 0 Å². The summed E-state index contributed by atoms with van der Waals surface area (Å²) >= 11 is 12.9. The van der Waals surface area contributed by atoms with Gasteiger partial charge >= 0.3 is 0 Å². The summed E-state index contributed by atoms with van der Waals surface area (Å²) < 4.78 is 12.1. The first-order chi connectivity index (χ1) is 16.3. The molecule has 2 aliphatic heterocycles. The molecule has 5 rings (SSSR count). The Kier molecular flexibility index (Phi) is 6.79. The van der Waals surface area contributed by atoms with Gasteiger partial charge in [0.2, 0.25) is 0 Å². The third-order valence-electron chi connectivity index (χ3n) is 7.69. The minimum atomic E-state index is -0.195. The number of nitrogens with one attached hydrogen (secondary N) is 2. The van der Waals surface area contributed by atoms with Crippen molar-refractivity contribution in [2.24, 2.45) is 5.92 Å². The Morgan fingerprint density at radius 3 is 2.65 bits per heavy atom. The van der Waals surface area contributed by atoms with Gasteiger partial charge in [0.1, 0.15) is 5.82 Å². The van der Waals surface area contributed by atoms with Crippen molar-refractivity contribution in [1.29, 1.82) is 0 Å². The number of rotatable bonds is 6.